The Morgan fingerprint density at radius 3 is 2.53 bits per heavy atom. The number of Topliss-reactive ketones (excluding diaryl/α,β-unsaturated/α-hetero) is 1. The number of ketones is 1. The second kappa shape index (κ2) is 11.5. The highest BCUT2D eigenvalue weighted by Crippen LogP contribution is 2.33. The van der Waals surface area contributed by atoms with Gasteiger partial charge in [0.2, 0.25) is 5.88 Å². The highest BCUT2D eigenvalue weighted by Gasteiger charge is 2.32. The fourth-order valence-electron chi connectivity index (χ4n) is 3.89. The van der Waals surface area contributed by atoms with E-state index in [1.165, 1.54) is 23.6 Å². The van der Waals surface area contributed by atoms with E-state index in [0.29, 0.717) is 21.4 Å². The molecule has 1 aromatic carbocycles. The van der Waals surface area contributed by atoms with Crippen molar-refractivity contribution < 1.29 is 19.4 Å². The molecule has 188 valence electrons. The summed E-state index contributed by atoms with van der Waals surface area (Å²) in [5.74, 6) is -0.330. The van der Waals surface area contributed by atoms with E-state index in [4.69, 9.17) is 17.0 Å². The van der Waals surface area contributed by atoms with Crippen LogP contribution in [0.3, 0.4) is 0 Å². The van der Waals surface area contributed by atoms with Gasteiger partial charge in [-0.25, -0.2) is 0 Å². The molecule has 1 aliphatic rings. The zero-order valence-corrected chi connectivity index (χ0v) is 22.2. The molecule has 1 fully saturated rings. The van der Waals surface area contributed by atoms with Crippen molar-refractivity contribution in [1.82, 2.24) is 9.47 Å². The van der Waals surface area contributed by atoms with Gasteiger partial charge < -0.3 is 9.84 Å². The summed E-state index contributed by atoms with van der Waals surface area (Å²) in [4.78, 5) is 40.5. The van der Waals surface area contributed by atoms with Crippen LogP contribution in [0.5, 0.6) is 11.6 Å². The molecule has 10 heteroatoms. The summed E-state index contributed by atoms with van der Waals surface area (Å²) in [5, 5.41) is 20.2. The molecule has 0 bridgehead atoms. The van der Waals surface area contributed by atoms with Crippen molar-refractivity contribution in [1.29, 1.82) is 5.26 Å². The number of amides is 1. The number of benzene rings is 1. The van der Waals surface area contributed by atoms with Gasteiger partial charge in [-0.3, -0.25) is 23.9 Å². The third-order valence-electron chi connectivity index (χ3n) is 5.70. The molecule has 0 spiro atoms. The standard InChI is InChI=1S/C26H27N3O5S2/c1-15(2)14-29-23(31)19(13-27)16(3)22(25(29)33)20(30)6-5-11-28-24(32)21(36-26(28)35)12-17-7-9-18(34-4)10-8-17/h7-10,12,15,33H,5-6,11,14H2,1-4H3/b21-12-. The minimum atomic E-state index is -0.612. The third kappa shape index (κ3) is 5.69. The first-order valence-electron chi connectivity index (χ1n) is 11.4. The highest BCUT2D eigenvalue weighted by atomic mass is 32.2. The fourth-order valence-corrected chi connectivity index (χ4v) is 5.19. The molecule has 0 radical (unpaired) electrons. The fraction of sp³-hybridized carbons (Fsp3) is 0.346. The summed E-state index contributed by atoms with van der Waals surface area (Å²) in [6, 6.07) is 9.15. The van der Waals surface area contributed by atoms with Gasteiger partial charge in [0, 0.05) is 19.5 Å². The Bertz CT molecular complexity index is 1340. The van der Waals surface area contributed by atoms with Crippen LogP contribution < -0.4 is 10.3 Å². The van der Waals surface area contributed by atoms with Crippen LogP contribution >= 0.6 is 24.0 Å². The Balaban J connectivity index is 1.73. The number of thiocarbonyl (C=S) groups is 1. The molecule has 0 aliphatic carbocycles. The smallest absolute Gasteiger partial charge is 0.271 e. The number of carbonyl (C=O) groups excluding carboxylic acids is 2. The average molecular weight is 526 g/mol. The van der Waals surface area contributed by atoms with Gasteiger partial charge in [-0.2, -0.15) is 5.26 Å². The summed E-state index contributed by atoms with van der Waals surface area (Å²) in [6.45, 7) is 5.62. The van der Waals surface area contributed by atoms with Gasteiger partial charge in [0.15, 0.2) is 5.78 Å². The maximum atomic E-state index is 13.1. The minimum Gasteiger partial charge on any atom is -0.497 e. The lowest BCUT2D eigenvalue weighted by Gasteiger charge is -2.17. The summed E-state index contributed by atoms with van der Waals surface area (Å²) < 4.78 is 6.63. The second-order valence-electron chi connectivity index (χ2n) is 8.75. The van der Waals surface area contributed by atoms with E-state index in [0.717, 1.165) is 10.1 Å². The van der Waals surface area contributed by atoms with Gasteiger partial charge in [0.1, 0.15) is 21.7 Å². The Hall–Kier alpha value is -3.42. The SMILES string of the molecule is COc1ccc(/C=C2\SC(=S)N(CCCC(=O)c3c(C)c(C#N)c(=O)n(CC(C)C)c3O)C2=O)cc1. The molecule has 1 amide bonds. The largest absolute Gasteiger partial charge is 0.497 e. The van der Waals surface area contributed by atoms with Crippen molar-refractivity contribution in [3.05, 3.63) is 61.8 Å². The Morgan fingerprint density at radius 2 is 1.94 bits per heavy atom. The van der Waals surface area contributed by atoms with Crippen LogP contribution in [0, 0.1) is 24.2 Å². The number of carbonyl (C=O) groups is 2. The van der Waals surface area contributed by atoms with E-state index in [9.17, 15) is 24.8 Å². The molecule has 1 saturated heterocycles. The first-order valence-corrected chi connectivity index (χ1v) is 12.6. The summed E-state index contributed by atoms with van der Waals surface area (Å²) >= 11 is 6.58. The number of hydrogen-bond acceptors (Lipinski definition) is 8. The van der Waals surface area contributed by atoms with Crippen LogP contribution in [0.15, 0.2) is 34.0 Å². The number of nitrogens with zero attached hydrogens (tertiary/aromatic N) is 3. The monoisotopic (exact) mass is 525 g/mol. The van der Waals surface area contributed by atoms with Crippen LogP contribution in [-0.2, 0) is 11.3 Å². The van der Waals surface area contributed by atoms with Gasteiger partial charge in [0.05, 0.1) is 17.6 Å². The molecule has 0 atom stereocenters. The van der Waals surface area contributed by atoms with Gasteiger partial charge in [-0.15, -0.1) is 0 Å². The minimum absolute atomic E-state index is 0.00768. The molecule has 2 aromatic rings. The maximum absolute atomic E-state index is 13.1. The van der Waals surface area contributed by atoms with Gasteiger partial charge in [-0.1, -0.05) is 50.0 Å². The number of thioether (sulfide) groups is 1. The number of aromatic nitrogens is 1. The van der Waals surface area contributed by atoms with E-state index < -0.39 is 17.2 Å². The van der Waals surface area contributed by atoms with Gasteiger partial charge >= 0.3 is 0 Å². The first-order chi connectivity index (χ1) is 17.1. The molecule has 1 N–H and O–H groups in total. The van der Waals surface area contributed by atoms with Crippen molar-refractivity contribution in [3.63, 3.8) is 0 Å². The lowest BCUT2D eigenvalue weighted by Crippen LogP contribution is -2.30. The number of rotatable bonds is 9. The number of nitriles is 1. The Labute approximate surface area is 219 Å². The van der Waals surface area contributed by atoms with E-state index in [1.807, 2.05) is 32.0 Å². The predicted octanol–water partition coefficient (Wildman–Crippen LogP) is 4.26. The van der Waals surface area contributed by atoms with Gasteiger partial charge in [0.25, 0.3) is 11.5 Å². The van der Waals surface area contributed by atoms with Crippen molar-refractivity contribution in [2.24, 2.45) is 5.92 Å². The highest BCUT2D eigenvalue weighted by molar-refractivity contribution is 8.26. The zero-order valence-electron chi connectivity index (χ0n) is 20.5. The predicted molar refractivity (Wildman–Crippen MR) is 143 cm³/mol. The number of methoxy groups -OCH3 is 1. The summed E-state index contributed by atoms with van der Waals surface area (Å²) in [6.07, 6.45) is 2.06. The van der Waals surface area contributed by atoms with E-state index in [1.54, 1.807) is 25.3 Å². The second-order valence-corrected chi connectivity index (χ2v) is 10.4. The number of hydrogen-bond donors (Lipinski definition) is 1. The first kappa shape index (κ1) is 27.2. The molecule has 2 heterocycles. The Morgan fingerprint density at radius 1 is 1.28 bits per heavy atom. The molecule has 1 aromatic heterocycles. The lowest BCUT2D eigenvalue weighted by molar-refractivity contribution is -0.122. The quantitative estimate of drug-likeness (QED) is 0.294. The maximum Gasteiger partial charge on any atom is 0.271 e. The van der Waals surface area contributed by atoms with E-state index in [2.05, 4.69) is 0 Å². The number of aromatic hydroxyl groups is 1. The van der Waals surface area contributed by atoms with Crippen LogP contribution in [0.1, 0.15) is 53.7 Å². The molecule has 1 aliphatic heterocycles. The van der Waals surface area contributed by atoms with Crippen LogP contribution in [0.4, 0.5) is 0 Å². The third-order valence-corrected chi connectivity index (χ3v) is 7.08. The summed E-state index contributed by atoms with van der Waals surface area (Å²) in [5.41, 5.74) is 0.202. The Kier molecular flexibility index (Phi) is 8.71. The van der Waals surface area contributed by atoms with Crippen molar-refractivity contribution in [2.45, 2.75) is 40.2 Å². The normalized spacial score (nSPS) is 14.6. The molecule has 0 saturated carbocycles. The molecule has 36 heavy (non-hydrogen) atoms. The molecular weight excluding hydrogens is 498 g/mol. The molecule has 0 unspecified atom stereocenters. The lowest BCUT2D eigenvalue weighted by atomic mass is 9.98. The van der Waals surface area contributed by atoms with Crippen LogP contribution in [0.25, 0.3) is 6.08 Å². The average Bonchev–Trinajstić information content (AvgIpc) is 3.09. The van der Waals surface area contributed by atoms with E-state index >= 15 is 0 Å². The number of ether oxygens (including phenoxy) is 1. The van der Waals surface area contributed by atoms with Crippen LogP contribution in [0.2, 0.25) is 0 Å². The topological polar surface area (TPSA) is 113 Å². The summed E-state index contributed by atoms with van der Waals surface area (Å²) in [7, 11) is 1.58. The van der Waals surface area contributed by atoms with Crippen molar-refractivity contribution in [2.75, 3.05) is 13.7 Å². The number of pyridine rings is 1. The zero-order chi connectivity index (χ0) is 26.6. The molecule has 3 rings (SSSR count). The molecular formula is C26H27N3O5S2. The van der Waals surface area contributed by atoms with Crippen molar-refractivity contribution in [3.8, 4) is 17.7 Å². The van der Waals surface area contributed by atoms with E-state index in [-0.39, 0.29) is 48.0 Å². The van der Waals surface area contributed by atoms with Crippen LogP contribution in [-0.4, -0.2) is 44.2 Å². The van der Waals surface area contributed by atoms with Gasteiger partial charge in [-0.05, 0) is 48.6 Å². The van der Waals surface area contributed by atoms with Crippen molar-refractivity contribution >= 4 is 46.1 Å². The molecule has 8 nitrogen and oxygen atoms in total.